The van der Waals surface area contributed by atoms with Crippen molar-refractivity contribution < 1.29 is 0 Å². The lowest BCUT2D eigenvalue weighted by Gasteiger charge is -2.09. The van der Waals surface area contributed by atoms with Crippen molar-refractivity contribution in [1.82, 2.24) is 14.5 Å². The summed E-state index contributed by atoms with van der Waals surface area (Å²) < 4.78 is 3.38. The highest BCUT2D eigenvalue weighted by atomic mass is 79.9. The highest BCUT2D eigenvalue weighted by Crippen LogP contribution is 2.31. The topological polar surface area (TPSA) is 30.7 Å². The van der Waals surface area contributed by atoms with E-state index in [0.717, 1.165) is 32.0 Å². The molecule has 3 heterocycles. The highest BCUT2D eigenvalue weighted by molar-refractivity contribution is 9.10. The SMILES string of the molecule is Cc1cc(-n2c3ccncc3c3cnccc32)ccc1Br. The monoisotopic (exact) mass is 337 g/mol. The highest BCUT2D eigenvalue weighted by Gasteiger charge is 2.12. The predicted octanol–water partition coefficient (Wildman–Crippen LogP) is 4.64. The largest absolute Gasteiger partial charge is 0.309 e. The van der Waals surface area contributed by atoms with Crippen molar-refractivity contribution in [2.45, 2.75) is 6.92 Å². The third kappa shape index (κ3) is 1.87. The zero-order valence-electron chi connectivity index (χ0n) is 11.4. The van der Waals surface area contributed by atoms with E-state index in [0.29, 0.717) is 0 Å². The molecule has 0 saturated heterocycles. The molecule has 0 spiro atoms. The Bertz CT molecular complexity index is 919. The molecule has 0 unspecified atom stereocenters. The Kier molecular flexibility index (Phi) is 2.79. The van der Waals surface area contributed by atoms with Crippen LogP contribution in [0, 0.1) is 6.92 Å². The maximum absolute atomic E-state index is 4.25. The molecule has 0 N–H and O–H groups in total. The van der Waals surface area contributed by atoms with Gasteiger partial charge in [-0.2, -0.15) is 0 Å². The van der Waals surface area contributed by atoms with Crippen LogP contribution in [0.4, 0.5) is 0 Å². The summed E-state index contributed by atoms with van der Waals surface area (Å²) in [5, 5.41) is 2.25. The minimum atomic E-state index is 1.12. The van der Waals surface area contributed by atoms with Crippen molar-refractivity contribution in [3.8, 4) is 5.69 Å². The Morgan fingerprint density at radius 1 is 0.905 bits per heavy atom. The van der Waals surface area contributed by atoms with Crippen molar-refractivity contribution in [2.75, 3.05) is 0 Å². The van der Waals surface area contributed by atoms with E-state index >= 15 is 0 Å². The number of hydrogen-bond donors (Lipinski definition) is 0. The molecule has 4 aromatic rings. The molecule has 0 atom stereocenters. The van der Waals surface area contributed by atoms with Gasteiger partial charge in [-0.1, -0.05) is 15.9 Å². The number of nitrogens with zero attached hydrogens (tertiary/aromatic N) is 3. The standard InChI is InChI=1S/C17H12BrN3/c1-11-8-12(2-3-15(11)18)21-16-4-6-19-9-13(16)14-10-20-7-5-17(14)21/h2-10H,1H3. The molecule has 21 heavy (non-hydrogen) atoms. The molecule has 0 bridgehead atoms. The van der Waals surface area contributed by atoms with Gasteiger partial charge in [0.2, 0.25) is 0 Å². The van der Waals surface area contributed by atoms with E-state index in [4.69, 9.17) is 0 Å². The minimum absolute atomic E-state index is 1.12. The Balaban J connectivity index is 2.17. The first-order valence-corrected chi connectivity index (χ1v) is 7.49. The van der Waals surface area contributed by atoms with Crippen LogP contribution in [0.15, 0.2) is 59.6 Å². The van der Waals surface area contributed by atoms with E-state index in [1.807, 2.05) is 36.9 Å². The average Bonchev–Trinajstić information content (AvgIpc) is 2.85. The molecule has 3 nitrogen and oxygen atoms in total. The van der Waals surface area contributed by atoms with Gasteiger partial charge in [-0.05, 0) is 42.8 Å². The van der Waals surface area contributed by atoms with E-state index in [9.17, 15) is 0 Å². The quantitative estimate of drug-likeness (QED) is 0.506. The normalized spacial score (nSPS) is 11.3. The van der Waals surface area contributed by atoms with E-state index in [1.54, 1.807) is 0 Å². The number of fused-ring (bicyclic) bond motifs is 3. The Morgan fingerprint density at radius 3 is 2.10 bits per heavy atom. The Labute approximate surface area is 130 Å². The fraction of sp³-hybridized carbons (Fsp3) is 0.0588. The molecular weight excluding hydrogens is 326 g/mol. The third-order valence-corrected chi connectivity index (χ3v) is 4.66. The molecule has 0 aliphatic heterocycles. The fourth-order valence-electron chi connectivity index (χ4n) is 2.76. The van der Waals surface area contributed by atoms with Crippen molar-refractivity contribution >= 4 is 37.7 Å². The maximum atomic E-state index is 4.25. The van der Waals surface area contributed by atoms with Crippen LogP contribution >= 0.6 is 15.9 Å². The van der Waals surface area contributed by atoms with Crippen LogP contribution in [0.25, 0.3) is 27.5 Å². The van der Waals surface area contributed by atoms with Gasteiger partial charge in [-0.3, -0.25) is 9.97 Å². The molecule has 0 fully saturated rings. The minimum Gasteiger partial charge on any atom is -0.309 e. The van der Waals surface area contributed by atoms with Crippen molar-refractivity contribution in [1.29, 1.82) is 0 Å². The van der Waals surface area contributed by atoms with Gasteiger partial charge in [0.25, 0.3) is 0 Å². The van der Waals surface area contributed by atoms with E-state index in [2.05, 4.69) is 55.6 Å². The first kappa shape index (κ1) is 12.5. The molecule has 3 aromatic heterocycles. The predicted molar refractivity (Wildman–Crippen MR) is 88.8 cm³/mol. The first-order chi connectivity index (χ1) is 10.3. The van der Waals surface area contributed by atoms with Crippen molar-refractivity contribution in [3.63, 3.8) is 0 Å². The van der Waals surface area contributed by atoms with Crippen LogP contribution in [-0.2, 0) is 0 Å². The number of hydrogen-bond acceptors (Lipinski definition) is 2. The van der Waals surface area contributed by atoms with Gasteiger partial charge in [-0.15, -0.1) is 0 Å². The molecule has 102 valence electrons. The number of aryl methyl sites for hydroxylation is 1. The van der Waals surface area contributed by atoms with Crippen LogP contribution in [0.1, 0.15) is 5.56 Å². The Hall–Kier alpha value is -2.20. The lowest BCUT2D eigenvalue weighted by atomic mass is 10.2. The van der Waals surface area contributed by atoms with E-state index < -0.39 is 0 Å². The van der Waals surface area contributed by atoms with Gasteiger partial charge in [0, 0.05) is 45.7 Å². The second-order valence-electron chi connectivity index (χ2n) is 5.05. The molecule has 0 aliphatic carbocycles. The molecule has 0 saturated carbocycles. The van der Waals surface area contributed by atoms with Gasteiger partial charge in [-0.25, -0.2) is 0 Å². The van der Waals surface area contributed by atoms with Crippen LogP contribution in [0.5, 0.6) is 0 Å². The van der Waals surface area contributed by atoms with Crippen LogP contribution < -0.4 is 0 Å². The van der Waals surface area contributed by atoms with Gasteiger partial charge in [0.05, 0.1) is 11.0 Å². The van der Waals surface area contributed by atoms with Gasteiger partial charge >= 0.3 is 0 Å². The maximum Gasteiger partial charge on any atom is 0.0572 e. The van der Waals surface area contributed by atoms with Crippen molar-refractivity contribution in [2.24, 2.45) is 0 Å². The van der Waals surface area contributed by atoms with Gasteiger partial charge in [0.1, 0.15) is 0 Å². The van der Waals surface area contributed by atoms with Gasteiger partial charge in [0.15, 0.2) is 0 Å². The second-order valence-corrected chi connectivity index (χ2v) is 5.91. The van der Waals surface area contributed by atoms with E-state index in [-0.39, 0.29) is 0 Å². The summed E-state index contributed by atoms with van der Waals surface area (Å²) in [6.45, 7) is 2.10. The number of benzene rings is 1. The third-order valence-electron chi connectivity index (χ3n) is 3.77. The number of halogens is 1. The average molecular weight is 338 g/mol. The summed E-state index contributed by atoms with van der Waals surface area (Å²) >= 11 is 3.56. The smallest absolute Gasteiger partial charge is 0.0572 e. The second kappa shape index (κ2) is 4.67. The molecule has 0 amide bonds. The summed E-state index contributed by atoms with van der Waals surface area (Å²) in [7, 11) is 0. The Morgan fingerprint density at radius 2 is 1.52 bits per heavy atom. The molecule has 4 rings (SSSR count). The van der Waals surface area contributed by atoms with Gasteiger partial charge < -0.3 is 4.57 Å². The molecule has 1 aromatic carbocycles. The summed E-state index contributed by atoms with van der Waals surface area (Å²) in [6.07, 6.45) is 7.47. The number of pyridine rings is 2. The summed E-state index contributed by atoms with van der Waals surface area (Å²) in [4.78, 5) is 8.51. The molecular formula is C17H12BrN3. The lowest BCUT2D eigenvalue weighted by Crippen LogP contribution is -1.94. The molecule has 0 aliphatic rings. The first-order valence-electron chi connectivity index (χ1n) is 6.70. The lowest BCUT2D eigenvalue weighted by molar-refractivity contribution is 1.16. The zero-order valence-corrected chi connectivity index (χ0v) is 13.0. The number of aromatic nitrogens is 3. The summed E-state index contributed by atoms with van der Waals surface area (Å²) in [6, 6.07) is 10.5. The van der Waals surface area contributed by atoms with Crippen LogP contribution in [0.3, 0.4) is 0 Å². The zero-order chi connectivity index (χ0) is 14.4. The molecule has 0 radical (unpaired) electrons. The number of rotatable bonds is 1. The summed E-state index contributed by atoms with van der Waals surface area (Å²) in [5.74, 6) is 0. The van der Waals surface area contributed by atoms with Crippen molar-refractivity contribution in [3.05, 3.63) is 65.2 Å². The summed E-state index contributed by atoms with van der Waals surface area (Å²) in [5.41, 5.74) is 4.66. The van der Waals surface area contributed by atoms with Crippen LogP contribution in [-0.4, -0.2) is 14.5 Å². The fourth-order valence-corrected chi connectivity index (χ4v) is 3.00. The van der Waals surface area contributed by atoms with E-state index in [1.165, 1.54) is 5.56 Å². The van der Waals surface area contributed by atoms with Crippen LogP contribution in [0.2, 0.25) is 0 Å². The molecule has 4 heteroatoms.